The summed E-state index contributed by atoms with van der Waals surface area (Å²) in [6.45, 7) is 4.16. The lowest BCUT2D eigenvalue weighted by atomic mass is 9.61. The van der Waals surface area contributed by atoms with Crippen LogP contribution in [-0.2, 0) is 11.1 Å². The first kappa shape index (κ1) is 18.6. The SMILES string of the molecule is CC1(C)[C@]2(c3ccccc3)N=N[C@@]1(c1cc([N+](=O)[O-])cc([N+](=O)[O-])c1)[C@H]1C=CC[C@H]12. The molecule has 1 aliphatic heterocycles. The Balaban J connectivity index is 1.80. The van der Waals surface area contributed by atoms with E-state index in [2.05, 4.69) is 26.0 Å². The van der Waals surface area contributed by atoms with Gasteiger partial charge in [0.05, 0.1) is 15.9 Å². The summed E-state index contributed by atoms with van der Waals surface area (Å²) < 4.78 is 0. The molecule has 8 heteroatoms. The molecule has 4 atom stereocenters. The predicted octanol–water partition coefficient (Wildman–Crippen LogP) is 5.29. The summed E-state index contributed by atoms with van der Waals surface area (Å²) in [6, 6.07) is 13.9. The van der Waals surface area contributed by atoms with Crippen LogP contribution >= 0.6 is 0 Å². The molecule has 2 aromatic rings. The molecule has 0 aromatic heterocycles. The van der Waals surface area contributed by atoms with Crippen LogP contribution < -0.4 is 0 Å². The van der Waals surface area contributed by atoms with Crippen LogP contribution in [0.1, 0.15) is 31.4 Å². The first-order valence-corrected chi connectivity index (χ1v) is 9.86. The number of fused-ring (bicyclic) bond motifs is 5. The van der Waals surface area contributed by atoms with Gasteiger partial charge in [-0.2, -0.15) is 10.2 Å². The topological polar surface area (TPSA) is 111 Å². The Bertz CT molecular complexity index is 1110. The van der Waals surface area contributed by atoms with Gasteiger partial charge in [-0.3, -0.25) is 20.2 Å². The van der Waals surface area contributed by atoms with Crippen LogP contribution in [0.4, 0.5) is 11.4 Å². The highest BCUT2D eigenvalue weighted by Crippen LogP contribution is 2.76. The van der Waals surface area contributed by atoms with Gasteiger partial charge in [0.2, 0.25) is 0 Å². The van der Waals surface area contributed by atoms with Gasteiger partial charge in [0.15, 0.2) is 0 Å². The summed E-state index contributed by atoms with van der Waals surface area (Å²) in [6.07, 6.45) is 5.04. The van der Waals surface area contributed by atoms with Gasteiger partial charge in [0.1, 0.15) is 11.1 Å². The minimum atomic E-state index is -0.919. The first-order valence-electron chi connectivity index (χ1n) is 9.86. The van der Waals surface area contributed by atoms with Crippen LogP contribution in [0.15, 0.2) is 70.9 Å². The maximum absolute atomic E-state index is 11.5. The van der Waals surface area contributed by atoms with E-state index in [1.807, 2.05) is 30.3 Å². The third-order valence-electron chi connectivity index (χ3n) is 7.44. The van der Waals surface area contributed by atoms with Gasteiger partial charge in [0.25, 0.3) is 11.4 Å². The van der Waals surface area contributed by atoms with Crippen molar-refractivity contribution in [1.29, 1.82) is 0 Å². The fourth-order valence-corrected chi connectivity index (χ4v) is 6.19. The van der Waals surface area contributed by atoms with Crippen molar-refractivity contribution in [2.45, 2.75) is 31.3 Å². The molecule has 152 valence electrons. The van der Waals surface area contributed by atoms with E-state index in [0.29, 0.717) is 5.56 Å². The molecule has 2 bridgehead atoms. The smallest absolute Gasteiger partial charge is 0.258 e. The number of allylic oxidation sites excluding steroid dienone is 1. The van der Waals surface area contributed by atoms with E-state index >= 15 is 0 Å². The number of nitro groups is 2. The molecular weight excluding hydrogens is 384 g/mol. The molecule has 0 spiro atoms. The average Bonchev–Trinajstić information content (AvgIpc) is 3.35. The summed E-state index contributed by atoms with van der Waals surface area (Å²) >= 11 is 0. The average molecular weight is 404 g/mol. The van der Waals surface area contributed by atoms with Gasteiger partial charge in [-0.05, 0) is 17.5 Å². The molecule has 30 heavy (non-hydrogen) atoms. The fourth-order valence-electron chi connectivity index (χ4n) is 6.19. The molecule has 0 N–H and O–H groups in total. The molecule has 8 nitrogen and oxygen atoms in total. The highest BCUT2D eigenvalue weighted by Gasteiger charge is 2.77. The van der Waals surface area contributed by atoms with E-state index in [1.165, 1.54) is 12.1 Å². The highest BCUT2D eigenvalue weighted by atomic mass is 16.6. The maximum atomic E-state index is 11.5. The minimum Gasteiger partial charge on any atom is -0.258 e. The second-order valence-corrected chi connectivity index (χ2v) is 8.77. The molecular formula is C22H20N4O4. The second kappa shape index (κ2) is 5.81. The van der Waals surface area contributed by atoms with E-state index in [1.54, 1.807) is 0 Å². The first-order chi connectivity index (χ1) is 14.3. The largest absolute Gasteiger partial charge is 0.276 e. The highest BCUT2D eigenvalue weighted by molar-refractivity contribution is 5.54. The molecule has 0 unspecified atom stereocenters. The molecule has 0 saturated heterocycles. The quantitative estimate of drug-likeness (QED) is 0.391. The number of hydrogen-bond acceptors (Lipinski definition) is 6. The maximum Gasteiger partial charge on any atom is 0.276 e. The van der Waals surface area contributed by atoms with Crippen LogP contribution in [0.5, 0.6) is 0 Å². The molecule has 2 aromatic carbocycles. The van der Waals surface area contributed by atoms with Crippen LogP contribution in [0.3, 0.4) is 0 Å². The molecule has 3 aliphatic rings. The molecule has 5 rings (SSSR count). The van der Waals surface area contributed by atoms with Crippen LogP contribution in [0.25, 0.3) is 0 Å². The summed E-state index contributed by atoms with van der Waals surface area (Å²) in [5.74, 6) is 0.0810. The minimum absolute atomic E-state index is 0.0492. The Morgan fingerprint density at radius 1 is 0.900 bits per heavy atom. The number of nitro benzene ring substituents is 2. The Labute approximate surface area is 172 Å². The zero-order valence-electron chi connectivity index (χ0n) is 16.6. The Morgan fingerprint density at radius 3 is 2.10 bits per heavy atom. The van der Waals surface area contributed by atoms with Crippen molar-refractivity contribution in [3.8, 4) is 0 Å². The van der Waals surface area contributed by atoms with Crippen molar-refractivity contribution in [2.24, 2.45) is 27.5 Å². The zero-order valence-corrected chi connectivity index (χ0v) is 16.6. The van der Waals surface area contributed by atoms with Gasteiger partial charge in [-0.15, -0.1) is 0 Å². The van der Waals surface area contributed by atoms with Gasteiger partial charge >= 0.3 is 0 Å². The molecule has 2 aliphatic carbocycles. The fraction of sp³-hybridized carbons (Fsp3) is 0.364. The van der Waals surface area contributed by atoms with Crippen LogP contribution in [0.2, 0.25) is 0 Å². The normalized spacial score (nSPS) is 32.3. The molecule has 1 fully saturated rings. The van der Waals surface area contributed by atoms with Crippen LogP contribution in [-0.4, -0.2) is 9.85 Å². The van der Waals surface area contributed by atoms with E-state index in [-0.39, 0.29) is 23.2 Å². The summed E-state index contributed by atoms with van der Waals surface area (Å²) in [5.41, 5.74) is -1.15. The summed E-state index contributed by atoms with van der Waals surface area (Å²) in [4.78, 5) is 21.9. The predicted molar refractivity (Wildman–Crippen MR) is 109 cm³/mol. The number of rotatable bonds is 4. The van der Waals surface area contributed by atoms with E-state index in [0.717, 1.165) is 18.1 Å². The molecule has 1 heterocycles. The van der Waals surface area contributed by atoms with Crippen molar-refractivity contribution in [2.75, 3.05) is 0 Å². The van der Waals surface area contributed by atoms with Crippen molar-refractivity contribution in [3.05, 3.63) is 92.0 Å². The van der Waals surface area contributed by atoms with Gasteiger partial charge in [-0.1, -0.05) is 56.3 Å². The Morgan fingerprint density at radius 2 is 1.50 bits per heavy atom. The molecule has 1 saturated carbocycles. The molecule has 0 radical (unpaired) electrons. The Hall–Kier alpha value is -3.42. The van der Waals surface area contributed by atoms with E-state index in [4.69, 9.17) is 10.2 Å². The van der Waals surface area contributed by atoms with E-state index in [9.17, 15) is 20.2 Å². The lowest BCUT2D eigenvalue weighted by Crippen LogP contribution is -2.44. The summed E-state index contributed by atoms with van der Waals surface area (Å²) in [5, 5.41) is 32.7. The Kier molecular flexibility index (Phi) is 3.60. The van der Waals surface area contributed by atoms with Crippen molar-refractivity contribution in [1.82, 2.24) is 0 Å². The second-order valence-electron chi connectivity index (χ2n) is 8.77. The van der Waals surface area contributed by atoms with Crippen molar-refractivity contribution >= 4 is 11.4 Å². The number of non-ortho nitro benzene ring substituents is 2. The van der Waals surface area contributed by atoms with Gasteiger partial charge in [-0.25, -0.2) is 0 Å². The van der Waals surface area contributed by atoms with E-state index < -0.39 is 26.3 Å². The number of hydrogen-bond donors (Lipinski definition) is 0. The lowest BCUT2D eigenvalue weighted by Gasteiger charge is -2.41. The van der Waals surface area contributed by atoms with Crippen LogP contribution in [0, 0.1) is 37.5 Å². The van der Waals surface area contributed by atoms with Gasteiger partial charge in [0, 0.05) is 29.4 Å². The third-order valence-corrected chi connectivity index (χ3v) is 7.44. The number of benzene rings is 2. The third kappa shape index (κ3) is 1.96. The zero-order chi connectivity index (χ0) is 21.3. The number of azo groups is 1. The van der Waals surface area contributed by atoms with Gasteiger partial charge < -0.3 is 0 Å². The van der Waals surface area contributed by atoms with Crippen molar-refractivity contribution in [3.63, 3.8) is 0 Å². The van der Waals surface area contributed by atoms with Crippen molar-refractivity contribution < 1.29 is 9.85 Å². The molecule has 0 amide bonds. The summed E-state index contributed by atoms with van der Waals surface area (Å²) in [7, 11) is 0. The number of nitrogens with zero attached hydrogens (tertiary/aromatic N) is 4. The lowest BCUT2D eigenvalue weighted by molar-refractivity contribution is -0.394. The standard InChI is InChI=1S/C22H20N4O4/c1-20(2)21(14-7-4-3-5-8-14)18-9-6-10-19(18)22(20,24-23-21)15-11-16(25(27)28)13-17(12-15)26(29)30/h3-8,10-13,18-19H,9H2,1-2H3/t18-,19+,21-,22+/m1/s1. The monoisotopic (exact) mass is 404 g/mol.